The summed E-state index contributed by atoms with van der Waals surface area (Å²) in [5, 5.41) is 21.5. The molecule has 0 fully saturated rings. The SMILES string of the molecule is [C-]#[N+]c1c(-c2ccccc2)c(C#N)c(-n2c3ccccc3c3ccc4sc5ccccc5c4c32)c(-c2ccccc2)c1-n1c2cccc3c4cncnc4c4cccc1c4c32. The standard InChI is InChI=1S/C54H28N6S/c1-56-51-45(31-14-4-2-5-15-31)38(28-55)53(60-40-22-10-8-18-33(40)35-26-27-44-49(52(35)60)36-19-9-11-25-43(36)61-44)46(32-16-6-3-7-17-32)54(51)59-41-23-12-20-34-39-29-57-30-58-50(39)37-21-13-24-42(59)48(37)47(34)41/h2-27,29-30H. The molecule has 0 bridgehead atoms. The fourth-order valence-electron chi connectivity index (χ4n) is 10.1. The second kappa shape index (κ2) is 12.6. The van der Waals surface area contributed by atoms with Crippen molar-refractivity contribution in [3.8, 4) is 39.7 Å². The quantitative estimate of drug-likeness (QED) is 0.132. The molecule has 0 amide bonds. The van der Waals surface area contributed by atoms with Crippen molar-refractivity contribution >= 4 is 102 Å². The largest absolute Gasteiger partial charge is 0.318 e. The van der Waals surface area contributed by atoms with Gasteiger partial charge in [-0.3, -0.25) is 0 Å². The fraction of sp³-hybridized carbons (Fsp3) is 0. The molecule has 0 N–H and O–H groups in total. The van der Waals surface area contributed by atoms with E-state index in [4.69, 9.17) is 4.98 Å². The van der Waals surface area contributed by atoms with Crippen molar-refractivity contribution in [2.45, 2.75) is 0 Å². The first kappa shape index (κ1) is 33.6. The predicted molar refractivity (Wildman–Crippen MR) is 252 cm³/mol. The maximum atomic E-state index is 11.8. The molecule has 9 aromatic carbocycles. The van der Waals surface area contributed by atoms with Gasteiger partial charge in [-0.15, -0.1) is 11.3 Å². The van der Waals surface area contributed by atoms with Gasteiger partial charge < -0.3 is 9.13 Å². The first-order valence-electron chi connectivity index (χ1n) is 20.1. The summed E-state index contributed by atoms with van der Waals surface area (Å²) in [6.07, 6.45) is 3.52. The van der Waals surface area contributed by atoms with E-state index in [2.05, 4.69) is 134 Å². The number of para-hydroxylation sites is 1. The molecule has 280 valence electrons. The van der Waals surface area contributed by atoms with Crippen molar-refractivity contribution < 1.29 is 0 Å². The van der Waals surface area contributed by atoms with Crippen molar-refractivity contribution in [2.24, 2.45) is 0 Å². The molecule has 13 rings (SSSR count). The maximum Gasteiger partial charge on any atom is 0.220 e. The number of aromatic nitrogens is 4. The highest BCUT2D eigenvalue weighted by Gasteiger charge is 2.33. The van der Waals surface area contributed by atoms with Gasteiger partial charge >= 0.3 is 0 Å². The minimum atomic E-state index is 0.406. The smallest absolute Gasteiger partial charge is 0.220 e. The maximum absolute atomic E-state index is 11.8. The second-order valence-electron chi connectivity index (χ2n) is 15.4. The molecule has 0 spiro atoms. The van der Waals surface area contributed by atoms with Gasteiger partial charge in [-0.05, 0) is 46.8 Å². The lowest BCUT2D eigenvalue weighted by Crippen LogP contribution is -2.08. The number of nitriles is 1. The van der Waals surface area contributed by atoms with E-state index in [9.17, 15) is 11.8 Å². The molecular weight excluding hydrogens is 765 g/mol. The van der Waals surface area contributed by atoms with Crippen LogP contribution in [0.4, 0.5) is 5.69 Å². The van der Waals surface area contributed by atoms with Crippen LogP contribution in [0.5, 0.6) is 0 Å². The Morgan fingerprint density at radius 2 is 1.16 bits per heavy atom. The van der Waals surface area contributed by atoms with Crippen LogP contribution in [-0.4, -0.2) is 19.1 Å². The highest BCUT2D eigenvalue weighted by Crippen LogP contribution is 2.54. The molecule has 6 nitrogen and oxygen atoms in total. The van der Waals surface area contributed by atoms with E-state index >= 15 is 0 Å². The molecule has 0 atom stereocenters. The minimum Gasteiger partial charge on any atom is -0.318 e. The van der Waals surface area contributed by atoms with Crippen LogP contribution in [0.3, 0.4) is 0 Å². The highest BCUT2D eigenvalue weighted by atomic mass is 32.1. The Balaban J connectivity index is 1.35. The lowest BCUT2D eigenvalue weighted by molar-refractivity contribution is 1.14. The zero-order chi connectivity index (χ0) is 40.3. The Morgan fingerprint density at radius 1 is 0.525 bits per heavy atom. The summed E-state index contributed by atoms with van der Waals surface area (Å²) in [5.74, 6) is 0. The third-order valence-electron chi connectivity index (χ3n) is 12.5. The summed E-state index contributed by atoms with van der Waals surface area (Å²) in [6.45, 7) is 9.19. The molecule has 0 unspecified atom stereocenters. The number of hydrogen-bond acceptors (Lipinski definition) is 4. The Kier molecular flexibility index (Phi) is 6.92. The number of nitrogens with zero attached hydrogens (tertiary/aromatic N) is 6. The van der Waals surface area contributed by atoms with Crippen molar-refractivity contribution in [1.82, 2.24) is 19.1 Å². The number of rotatable bonds is 4. The van der Waals surface area contributed by atoms with Crippen molar-refractivity contribution in [3.63, 3.8) is 0 Å². The van der Waals surface area contributed by atoms with Gasteiger partial charge in [-0.2, -0.15) is 5.26 Å². The normalized spacial score (nSPS) is 11.9. The Hall–Kier alpha value is -8.36. The number of fused-ring (bicyclic) bond motifs is 10. The third kappa shape index (κ3) is 4.42. The molecule has 0 aliphatic carbocycles. The van der Waals surface area contributed by atoms with Gasteiger partial charge in [0, 0.05) is 69.8 Å². The van der Waals surface area contributed by atoms with Gasteiger partial charge in [-0.25, -0.2) is 14.8 Å². The van der Waals surface area contributed by atoms with Crippen LogP contribution in [-0.2, 0) is 0 Å². The minimum absolute atomic E-state index is 0.406. The monoisotopic (exact) mass is 792 g/mol. The summed E-state index contributed by atoms with van der Waals surface area (Å²) >= 11 is 1.78. The van der Waals surface area contributed by atoms with E-state index in [1.807, 2.05) is 54.7 Å². The Morgan fingerprint density at radius 3 is 1.92 bits per heavy atom. The number of thiophene rings is 1. The molecule has 4 aromatic heterocycles. The van der Waals surface area contributed by atoms with Crippen LogP contribution in [0.25, 0.3) is 124 Å². The van der Waals surface area contributed by atoms with E-state index in [0.29, 0.717) is 22.5 Å². The summed E-state index contributed by atoms with van der Waals surface area (Å²) in [4.78, 5) is 13.8. The average molecular weight is 793 g/mol. The first-order chi connectivity index (χ1) is 30.2. The Bertz CT molecular complexity index is 3980. The summed E-state index contributed by atoms with van der Waals surface area (Å²) in [5.41, 5.74) is 10.2. The van der Waals surface area contributed by atoms with Gasteiger partial charge in [0.2, 0.25) is 5.69 Å². The van der Waals surface area contributed by atoms with Crippen LogP contribution < -0.4 is 0 Å². The van der Waals surface area contributed by atoms with E-state index in [1.54, 1.807) is 17.7 Å². The van der Waals surface area contributed by atoms with E-state index in [1.165, 1.54) is 14.8 Å². The molecule has 0 saturated heterocycles. The lowest BCUT2D eigenvalue weighted by Gasteiger charge is -2.26. The van der Waals surface area contributed by atoms with Crippen LogP contribution in [0.2, 0.25) is 0 Å². The van der Waals surface area contributed by atoms with Gasteiger partial charge in [0.05, 0.1) is 51.1 Å². The first-order valence-corrected chi connectivity index (χ1v) is 20.9. The average Bonchev–Trinajstić information content (AvgIpc) is 3.99. The Labute approximate surface area is 352 Å². The number of hydrogen-bond donors (Lipinski definition) is 0. The third-order valence-corrected chi connectivity index (χ3v) is 13.6. The zero-order valence-electron chi connectivity index (χ0n) is 32.3. The van der Waals surface area contributed by atoms with E-state index < -0.39 is 0 Å². The van der Waals surface area contributed by atoms with Crippen molar-refractivity contribution in [3.05, 3.63) is 187 Å². The summed E-state index contributed by atoms with van der Waals surface area (Å²) in [6, 6.07) is 57.4. The molecule has 7 heteroatoms. The number of benzene rings is 9. The lowest BCUT2D eigenvalue weighted by atomic mass is 9.88. The zero-order valence-corrected chi connectivity index (χ0v) is 33.1. The molecule has 0 saturated carbocycles. The van der Waals surface area contributed by atoms with E-state index in [0.717, 1.165) is 93.1 Å². The van der Waals surface area contributed by atoms with Gasteiger partial charge in [0.15, 0.2) is 0 Å². The van der Waals surface area contributed by atoms with E-state index in [-0.39, 0.29) is 0 Å². The summed E-state index contributed by atoms with van der Waals surface area (Å²) < 4.78 is 6.99. The predicted octanol–water partition coefficient (Wildman–Crippen LogP) is 14.5. The van der Waals surface area contributed by atoms with Gasteiger partial charge in [0.1, 0.15) is 12.4 Å². The second-order valence-corrected chi connectivity index (χ2v) is 16.5. The van der Waals surface area contributed by atoms with Gasteiger partial charge in [0.25, 0.3) is 0 Å². The van der Waals surface area contributed by atoms with Crippen LogP contribution in [0, 0.1) is 17.9 Å². The highest BCUT2D eigenvalue weighted by molar-refractivity contribution is 7.26. The molecule has 0 aliphatic heterocycles. The molecule has 61 heavy (non-hydrogen) atoms. The van der Waals surface area contributed by atoms with Crippen LogP contribution in [0.1, 0.15) is 5.56 Å². The topological polar surface area (TPSA) is 63.8 Å². The fourth-order valence-corrected chi connectivity index (χ4v) is 11.3. The van der Waals surface area contributed by atoms with Crippen LogP contribution in [0.15, 0.2) is 170 Å². The van der Waals surface area contributed by atoms with Gasteiger partial charge in [-0.1, -0.05) is 127 Å². The molecule has 4 heterocycles. The molecule has 13 aromatic rings. The molecular formula is C54H28N6S. The molecule has 0 radical (unpaired) electrons. The van der Waals surface area contributed by atoms with Crippen molar-refractivity contribution in [1.29, 1.82) is 5.26 Å². The summed E-state index contributed by atoms with van der Waals surface area (Å²) in [7, 11) is 0. The molecule has 0 aliphatic rings. The van der Waals surface area contributed by atoms with Crippen molar-refractivity contribution in [2.75, 3.05) is 0 Å². The van der Waals surface area contributed by atoms with Crippen LogP contribution >= 0.6 is 11.3 Å².